The highest BCUT2D eigenvalue weighted by atomic mass is 16.7. The number of ketones is 3. The van der Waals surface area contributed by atoms with Crippen molar-refractivity contribution >= 4 is 17.3 Å². The Balaban J connectivity index is 1.29. The van der Waals surface area contributed by atoms with E-state index >= 15 is 0 Å². The predicted molar refractivity (Wildman–Crippen MR) is 153 cm³/mol. The maximum absolute atomic E-state index is 13.9. The number of carbonyl (C=O) groups is 3. The molecule has 45 heavy (non-hydrogen) atoms. The van der Waals surface area contributed by atoms with E-state index in [1.165, 1.54) is 26.2 Å². The largest absolute Gasteiger partial charge is 0.507 e. The number of aliphatic hydroxyl groups is 1. The van der Waals surface area contributed by atoms with Crippen LogP contribution in [0.1, 0.15) is 82.2 Å². The summed E-state index contributed by atoms with van der Waals surface area (Å²) in [5.74, 6) is -2.81. The van der Waals surface area contributed by atoms with E-state index in [-0.39, 0.29) is 76.6 Å². The monoisotopic (exact) mass is 624 g/mol. The number of hydrogen-bond donors (Lipinski definition) is 3. The molecule has 2 aromatic rings. The molecule has 0 amide bonds. The molecule has 5 aliphatic rings. The van der Waals surface area contributed by atoms with Crippen LogP contribution in [0.4, 0.5) is 0 Å². The fourth-order valence-corrected chi connectivity index (χ4v) is 8.07. The summed E-state index contributed by atoms with van der Waals surface area (Å²) in [4.78, 5) is 40.3. The highest BCUT2D eigenvalue weighted by Crippen LogP contribution is 2.54. The van der Waals surface area contributed by atoms with Gasteiger partial charge in [0.1, 0.15) is 29.0 Å². The van der Waals surface area contributed by atoms with Crippen molar-refractivity contribution in [3.05, 3.63) is 51.6 Å². The van der Waals surface area contributed by atoms with Gasteiger partial charge in [0.2, 0.25) is 5.78 Å². The van der Waals surface area contributed by atoms with E-state index in [4.69, 9.17) is 28.4 Å². The van der Waals surface area contributed by atoms with E-state index in [0.29, 0.717) is 13.0 Å². The topological polar surface area (TPSA) is 167 Å². The van der Waals surface area contributed by atoms with Gasteiger partial charge < -0.3 is 43.7 Å². The highest BCUT2D eigenvalue weighted by Gasteiger charge is 2.56. The Morgan fingerprint density at radius 3 is 2.47 bits per heavy atom. The number of hydrogen-bond acceptors (Lipinski definition) is 12. The molecule has 3 aliphatic heterocycles. The molecule has 2 aromatic carbocycles. The molecule has 1 unspecified atom stereocenters. The number of fused-ring (bicyclic) bond motifs is 6. The molecular weight excluding hydrogens is 588 g/mol. The zero-order valence-corrected chi connectivity index (χ0v) is 25.4. The maximum Gasteiger partial charge on any atom is 0.202 e. The molecule has 3 fully saturated rings. The van der Waals surface area contributed by atoms with Gasteiger partial charge >= 0.3 is 0 Å². The van der Waals surface area contributed by atoms with Crippen LogP contribution < -0.4 is 4.74 Å². The van der Waals surface area contributed by atoms with Crippen molar-refractivity contribution in [1.82, 2.24) is 0 Å². The third-order valence-corrected chi connectivity index (χ3v) is 10.3. The molecule has 3 N–H and O–H groups in total. The van der Waals surface area contributed by atoms with E-state index in [1.807, 2.05) is 6.92 Å². The maximum atomic E-state index is 13.9. The molecule has 3 saturated heterocycles. The van der Waals surface area contributed by atoms with Crippen molar-refractivity contribution in [3.8, 4) is 17.2 Å². The van der Waals surface area contributed by atoms with Crippen molar-refractivity contribution in [1.29, 1.82) is 0 Å². The first-order chi connectivity index (χ1) is 21.5. The first-order valence-corrected chi connectivity index (χ1v) is 15.2. The Morgan fingerprint density at radius 1 is 1.00 bits per heavy atom. The summed E-state index contributed by atoms with van der Waals surface area (Å²) in [6.45, 7) is 3.63. The van der Waals surface area contributed by atoms with Crippen LogP contribution in [0.15, 0.2) is 18.2 Å². The van der Waals surface area contributed by atoms with Gasteiger partial charge in [-0.25, -0.2) is 0 Å². The number of Topliss-reactive ketones (excluding diaryl/α,β-unsaturated/α-hetero) is 1. The second-order valence-electron chi connectivity index (χ2n) is 12.6. The van der Waals surface area contributed by atoms with Crippen LogP contribution in [0, 0.1) is 11.8 Å². The summed E-state index contributed by atoms with van der Waals surface area (Å²) in [7, 11) is 2.94. The van der Waals surface area contributed by atoms with Gasteiger partial charge in [0.15, 0.2) is 24.1 Å². The Labute approximate surface area is 259 Å². The normalized spacial score (nSPS) is 35.1. The van der Waals surface area contributed by atoms with Crippen molar-refractivity contribution in [3.63, 3.8) is 0 Å². The van der Waals surface area contributed by atoms with Crippen LogP contribution in [0.2, 0.25) is 0 Å². The summed E-state index contributed by atoms with van der Waals surface area (Å²) >= 11 is 0. The quantitative estimate of drug-likeness (QED) is 0.356. The third-order valence-electron chi connectivity index (χ3n) is 10.3. The molecule has 7 rings (SSSR count). The number of rotatable bonds is 5. The minimum absolute atomic E-state index is 0.00648. The van der Waals surface area contributed by atoms with E-state index < -0.39 is 58.7 Å². The zero-order valence-electron chi connectivity index (χ0n) is 25.4. The van der Waals surface area contributed by atoms with Crippen LogP contribution in [-0.2, 0) is 34.9 Å². The fourth-order valence-electron chi connectivity index (χ4n) is 8.07. The Kier molecular flexibility index (Phi) is 7.30. The van der Waals surface area contributed by atoms with Gasteiger partial charge in [-0.15, -0.1) is 0 Å². The molecule has 9 atom stereocenters. The lowest BCUT2D eigenvalue weighted by atomic mass is 9.72. The molecule has 3 heterocycles. The third kappa shape index (κ3) is 4.45. The number of carbonyl (C=O) groups excluding carboxylic acids is 3. The summed E-state index contributed by atoms with van der Waals surface area (Å²) in [6.07, 6.45) is -2.86. The second-order valence-corrected chi connectivity index (χ2v) is 12.6. The van der Waals surface area contributed by atoms with E-state index in [1.54, 1.807) is 13.2 Å². The summed E-state index contributed by atoms with van der Waals surface area (Å²) < 4.78 is 35.7. The number of methoxy groups -OCH3 is 2. The lowest BCUT2D eigenvalue weighted by molar-refractivity contribution is -0.259. The average Bonchev–Trinajstić information content (AvgIpc) is 3.40. The van der Waals surface area contributed by atoms with Crippen LogP contribution in [0.5, 0.6) is 17.2 Å². The van der Waals surface area contributed by atoms with Gasteiger partial charge in [-0.3, -0.25) is 14.4 Å². The fraction of sp³-hybridized carbons (Fsp3) is 0.545. The number of ether oxygens (including phenoxy) is 6. The SMILES string of the molecule is COc1cccc2c1C(=O)c1c(O)c3c(c(O)c1C2=O)C[C@@](O)(C(C)=O)C[C@@H]3O[C@H]1C[C@@H]2C3CCO[C@H](OC)[C@H]3O[C@@H]2[C@H](C)O1. The van der Waals surface area contributed by atoms with Gasteiger partial charge in [-0.05, 0) is 38.2 Å². The van der Waals surface area contributed by atoms with E-state index in [2.05, 4.69) is 0 Å². The molecule has 0 radical (unpaired) electrons. The minimum Gasteiger partial charge on any atom is -0.507 e. The summed E-state index contributed by atoms with van der Waals surface area (Å²) in [5.41, 5.74) is -2.78. The number of phenols is 2. The number of phenolic OH excluding ortho intramolecular Hbond substituents is 2. The van der Waals surface area contributed by atoms with Crippen molar-refractivity contribution in [2.45, 2.75) is 82.1 Å². The van der Waals surface area contributed by atoms with E-state index in [9.17, 15) is 29.7 Å². The Morgan fingerprint density at radius 2 is 1.76 bits per heavy atom. The van der Waals surface area contributed by atoms with Gasteiger partial charge in [-0.1, -0.05) is 12.1 Å². The Bertz CT molecular complexity index is 1600. The molecule has 0 bridgehead atoms. The number of benzene rings is 2. The van der Waals surface area contributed by atoms with Crippen LogP contribution in [0.25, 0.3) is 0 Å². The second kappa shape index (κ2) is 10.9. The lowest BCUT2D eigenvalue weighted by Gasteiger charge is -2.42. The zero-order chi connectivity index (χ0) is 31.9. The Hall–Kier alpha value is -3.39. The van der Waals surface area contributed by atoms with E-state index in [0.717, 1.165) is 6.42 Å². The van der Waals surface area contributed by atoms with Crippen molar-refractivity contribution < 1.29 is 58.1 Å². The van der Waals surface area contributed by atoms with Crippen LogP contribution in [-0.4, -0.2) is 90.0 Å². The molecule has 12 heteroatoms. The molecular formula is C33H36O12. The first kappa shape index (κ1) is 30.3. The standard InChI is InChI=1S/C33H36O12/c1-13-30-17(15-8-9-42-32(41-4)31(15)45-30)10-21(43-13)44-20-12-33(39,14(2)34)11-18-23(20)29(38)25-24(27(18)36)26(35)16-6-5-7-19(40-3)22(16)28(25)37/h5-7,13,15,17,20-21,30-32,36,38-39H,8-12H2,1-4H3/t13-,15?,17+,20-,21-,30+,31-,32-,33-/m0/s1. The minimum atomic E-state index is -1.98. The molecule has 240 valence electrons. The number of aromatic hydroxyl groups is 2. The summed E-state index contributed by atoms with van der Waals surface area (Å²) in [6, 6.07) is 4.52. The van der Waals surface area contributed by atoms with Gasteiger partial charge in [0.25, 0.3) is 0 Å². The molecule has 0 spiro atoms. The van der Waals surface area contributed by atoms with Crippen LogP contribution in [0.3, 0.4) is 0 Å². The van der Waals surface area contributed by atoms with Crippen molar-refractivity contribution in [2.75, 3.05) is 20.8 Å². The molecule has 2 aliphatic carbocycles. The molecule has 12 nitrogen and oxygen atoms in total. The highest BCUT2D eigenvalue weighted by molar-refractivity contribution is 6.31. The summed E-state index contributed by atoms with van der Waals surface area (Å²) in [5, 5.41) is 34.8. The first-order valence-electron chi connectivity index (χ1n) is 15.2. The average molecular weight is 625 g/mol. The van der Waals surface area contributed by atoms with Crippen molar-refractivity contribution in [2.24, 2.45) is 11.8 Å². The smallest absolute Gasteiger partial charge is 0.202 e. The van der Waals surface area contributed by atoms with Gasteiger partial charge in [0.05, 0.1) is 48.7 Å². The van der Waals surface area contributed by atoms with Crippen LogP contribution >= 0.6 is 0 Å². The van der Waals surface area contributed by atoms with Gasteiger partial charge in [0, 0.05) is 43.1 Å². The lowest BCUT2D eigenvalue weighted by Crippen LogP contribution is -2.48. The molecule has 0 aromatic heterocycles. The molecule has 0 saturated carbocycles. The predicted octanol–water partition coefficient (Wildman–Crippen LogP) is 2.73. The van der Waals surface area contributed by atoms with Gasteiger partial charge in [-0.2, -0.15) is 0 Å².